The van der Waals surface area contributed by atoms with Crippen LogP contribution in [0, 0.1) is 5.92 Å². The predicted octanol–water partition coefficient (Wildman–Crippen LogP) is 5.44. The number of aliphatic hydroxyl groups is 1. The van der Waals surface area contributed by atoms with E-state index in [4.69, 9.17) is 4.74 Å². The Hall–Kier alpha value is -3.31. The lowest BCUT2D eigenvalue weighted by atomic mass is 9.96. The molecule has 3 atom stereocenters. The smallest absolute Gasteiger partial charge is 0.416 e. The van der Waals surface area contributed by atoms with Crippen LogP contribution in [0.3, 0.4) is 0 Å². The molecule has 3 N–H and O–H groups in total. The van der Waals surface area contributed by atoms with Crippen LogP contribution in [0.4, 0.5) is 23.7 Å². The van der Waals surface area contributed by atoms with Crippen LogP contribution < -0.4 is 15.4 Å². The molecule has 0 unspecified atom stereocenters. The Bertz CT molecular complexity index is 1230. The van der Waals surface area contributed by atoms with E-state index >= 15 is 0 Å². The summed E-state index contributed by atoms with van der Waals surface area (Å²) < 4.78 is 45.5. The number of likely N-dealkylation sites (N-methyl/N-ethyl adjacent to an activating group) is 1. The Morgan fingerprint density at radius 1 is 1.14 bits per heavy atom. The molecule has 0 saturated heterocycles. The monoisotopic (exact) mass is 604 g/mol. The molecule has 1 saturated carbocycles. The van der Waals surface area contributed by atoms with Gasteiger partial charge in [0.2, 0.25) is 5.91 Å². The number of rotatable bonds is 8. The van der Waals surface area contributed by atoms with Crippen LogP contribution in [0.25, 0.3) is 0 Å². The van der Waals surface area contributed by atoms with Crippen molar-refractivity contribution in [1.82, 2.24) is 15.1 Å². The molecule has 1 heterocycles. The largest absolute Gasteiger partial charge is 0.488 e. The van der Waals surface area contributed by atoms with Crippen molar-refractivity contribution in [3.8, 4) is 5.75 Å². The van der Waals surface area contributed by atoms with Crippen molar-refractivity contribution in [3.63, 3.8) is 0 Å². The predicted molar refractivity (Wildman–Crippen MR) is 159 cm³/mol. The van der Waals surface area contributed by atoms with E-state index in [2.05, 4.69) is 10.6 Å². The van der Waals surface area contributed by atoms with Crippen LogP contribution in [0.2, 0.25) is 0 Å². The SMILES string of the molecule is C[C@H](CO)N1C[C@H](C)[C@@H](CN(C)Cc2ccc(C(F)(F)F)cc2)Oc2ccc(NC(=O)NC3CCCCC3)cc2CC1=O. The molecule has 8 nitrogen and oxygen atoms in total. The van der Waals surface area contributed by atoms with Gasteiger partial charge < -0.3 is 25.4 Å². The Morgan fingerprint density at radius 2 is 1.84 bits per heavy atom. The quantitative estimate of drug-likeness (QED) is 0.373. The van der Waals surface area contributed by atoms with Crippen LogP contribution in [0.5, 0.6) is 5.75 Å². The standard InChI is InChI=1S/C32H43F3N4O4/c1-21-17-39(22(2)20-40)30(41)16-24-15-27(37-31(42)36-26-7-5-4-6-8-26)13-14-28(24)43-29(21)19-38(3)18-23-9-11-25(12-10-23)32(33,34)35/h9-15,21-22,26,29,40H,4-8,16-20H2,1-3H3,(H2,36,37,42)/t21-,22+,29+/m0/s1. The van der Waals surface area contributed by atoms with E-state index in [0.29, 0.717) is 36.6 Å². The number of ether oxygens (including phenoxy) is 1. The number of anilines is 1. The first-order valence-corrected chi connectivity index (χ1v) is 15.0. The molecule has 0 aromatic heterocycles. The molecule has 1 fully saturated rings. The number of urea groups is 1. The first kappa shape index (κ1) is 32.6. The molecule has 2 aromatic carbocycles. The van der Waals surface area contributed by atoms with Gasteiger partial charge in [0.05, 0.1) is 24.6 Å². The van der Waals surface area contributed by atoms with E-state index in [9.17, 15) is 27.9 Å². The fourth-order valence-corrected chi connectivity index (χ4v) is 5.81. The molecule has 2 aromatic rings. The second-order valence-corrected chi connectivity index (χ2v) is 12.0. The van der Waals surface area contributed by atoms with Gasteiger partial charge in [0.25, 0.3) is 0 Å². The maximum absolute atomic E-state index is 13.5. The van der Waals surface area contributed by atoms with Crippen LogP contribution in [-0.4, -0.2) is 71.8 Å². The van der Waals surface area contributed by atoms with Gasteiger partial charge >= 0.3 is 12.2 Å². The lowest BCUT2D eigenvalue weighted by Crippen LogP contribution is -2.47. The molecule has 2 aliphatic rings. The third kappa shape index (κ3) is 9.09. The summed E-state index contributed by atoms with van der Waals surface area (Å²) in [5.41, 5.74) is 1.22. The molecule has 1 aliphatic carbocycles. The summed E-state index contributed by atoms with van der Waals surface area (Å²) in [4.78, 5) is 29.8. The van der Waals surface area contributed by atoms with Crippen molar-refractivity contribution in [2.24, 2.45) is 5.92 Å². The van der Waals surface area contributed by atoms with Crippen molar-refractivity contribution >= 4 is 17.6 Å². The van der Waals surface area contributed by atoms with Crippen LogP contribution in [0.15, 0.2) is 42.5 Å². The van der Waals surface area contributed by atoms with Gasteiger partial charge in [0.1, 0.15) is 11.9 Å². The number of nitrogens with zero attached hydrogens (tertiary/aromatic N) is 2. The number of hydrogen-bond acceptors (Lipinski definition) is 5. The fourth-order valence-electron chi connectivity index (χ4n) is 5.81. The Balaban J connectivity index is 1.52. The normalized spacial score (nSPS) is 20.8. The average Bonchev–Trinajstić information content (AvgIpc) is 3.00. The summed E-state index contributed by atoms with van der Waals surface area (Å²) in [5, 5.41) is 15.8. The number of hydrogen-bond donors (Lipinski definition) is 3. The molecule has 0 bridgehead atoms. The van der Waals surface area contributed by atoms with E-state index in [1.165, 1.54) is 18.6 Å². The van der Waals surface area contributed by atoms with Gasteiger partial charge in [0.15, 0.2) is 0 Å². The molecular formula is C32H43F3N4O4. The lowest BCUT2D eigenvalue weighted by Gasteiger charge is -2.34. The number of fused-ring (bicyclic) bond motifs is 1. The number of amides is 3. The van der Waals surface area contributed by atoms with Gasteiger partial charge in [0, 0.05) is 42.8 Å². The van der Waals surface area contributed by atoms with Crippen LogP contribution in [-0.2, 0) is 23.9 Å². The number of halogens is 3. The summed E-state index contributed by atoms with van der Waals surface area (Å²) in [5.74, 6) is 0.253. The Kier molecular flexibility index (Phi) is 10.9. The van der Waals surface area contributed by atoms with Crippen molar-refractivity contribution in [1.29, 1.82) is 0 Å². The van der Waals surface area contributed by atoms with Gasteiger partial charge in [-0.05, 0) is 62.7 Å². The van der Waals surface area contributed by atoms with E-state index in [1.807, 2.05) is 18.9 Å². The van der Waals surface area contributed by atoms with Crippen molar-refractivity contribution in [2.75, 3.05) is 32.1 Å². The first-order valence-electron chi connectivity index (χ1n) is 15.0. The molecule has 0 radical (unpaired) electrons. The molecule has 0 spiro atoms. The maximum Gasteiger partial charge on any atom is 0.416 e. The fraction of sp³-hybridized carbons (Fsp3) is 0.562. The zero-order valence-electron chi connectivity index (χ0n) is 25.1. The number of nitrogens with one attached hydrogen (secondary N) is 2. The van der Waals surface area contributed by atoms with E-state index in [1.54, 1.807) is 30.0 Å². The second kappa shape index (κ2) is 14.4. The molecule has 3 amide bonds. The highest BCUT2D eigenvalue weighted by molar-refractivity contribution is 5.90. The molecule has 1 aliphatic heterocycles. The summed E-state index contributed by atoms with van der Waals surface area (Å²) >= 11 is 0. The molecule has 4 rings (SSSR count). The second-order valence-electron chi connectivity index (χ2n) is 12.0. The molecule has 43 heavy (non-hydrogen) atoms. The summed E-state index contributed by atoms with van der Waals surface area (Å²) in [6, 6.07) is 9.87. The number of benzene rings is 2. The topological polar surface area (TPSA) is 94.1 Å². The minimum absolute atomic E-state index is 0.0419. The minimum Gasteiger partial charge on any atom is -0.488 e. The van der Waals surface area contributed by atoms with E-state index in [0.717, 1.165) is 43.4 Å². The highest BCUT2D eigenvalue weighted by Crippen LogP contribution is 2.31. The van der Waals surface area contributed by atoms with E-state index < -0.39 is 17.8 Å². The minimum atomic E-state index is -4.39. The summed E-state index contributed by atoms with van der Waals surface area (Å²) in [6.07, 6.45) is 0.608. The zero-order valence-corrected chi connectivity index (χ0v) is 25.1. The maximum atomic E-state index is 13.5. The van der Waals surface area contributed by atoms with Gasteiger partial charge in [-0.2, -0.15) is 13.2 Å². The molecule has 11 heteroatoms. The van der Waals surface area contributed by atoms with Gasteiger partial charge in [-0.15, -0.1) is 0 Å². The Labute approximate surface area is 251 Å². The third-order valence-electron chi connectivity index (χ3n) is 8.34. The molecule has 236 valence electrons. The third-order valence-corrected chi connectivity index (χ3v) is 8.34. The Morgan fingerprint density at radius 3 is 2.49 bits per heavy atom. The average molecular weight is 605 g/mol. The number of aliphatic hydroxyl groups excluding tert-OH is 1. The van der Waals surface area contributed by atoms with Crippen LogP contribution in [0.1, 0.15) is 62.6 Å². The molecular weight excluding hydrogens is 561 g/mol. The van der Waals surface area contributed by atoms with Crippen molar-refractivity contribution in [3.05, 3.63) is 59.2 Å². The number of alkyl halides is 3. The number of carbonyl (C=O) groups is 2. The van der Waals surface area contributed by atoms with Gasteiger partial charge in [-0.1, -0.05) is 38.3 Å². The van der Waals surface area contributed by atoms with Crippen molar-refractivity contribution in [2.45, 2.75) is 83.3 Å². The van der Waals surface area contributed by atoms with Gasteiger partial charge in [-0.3, -0.25) is 9.69 Å². The summed E-state index contributed by atoms with van der Waals surface area (Å²) in [7, 11) is 1.87. The first-order chi connectivity index (χ1) is 20.4. The zero-order chi connectivity index (χ0) is 31.1. The summed E-state index contributed by atoms with van der Waals surface area (Å²) in [6.45, 7) is 4.81. The lowest BCUT2D eigenvalue weighted by molar-refractivity contribution is -0.137. The van der Waals surface area contributed by atoms with Crippen molar-refractivity contribution < 1.29 is 32.6 Å². The highest BCUT2D eigenvalue weighted by Gasteiger charge is 2.32. The number of carbonyl (C=O) groups excluding carboxylic acids is 2. The van der Waals surface area contributed by atoms with Gasteiger partial charge in [-0.25, -0.2) is 4.79 Å². The van der Waals surface area contributed by atoms with E-state index in [-0.39, 0.29) is 43.0 Å². The van der Waals surface area contributed by atoms with Crippen LogP contribution >= 0.6 is 0 Å². The highest BCUT2D eigenvalue weighted by atomic mass is 19.4.